The maximum absolute atomic E-state index is 14.7. The van der Waals surface area contributed by atoms with Gasteiger partial charge in [0, 0.05) is 76.4 Å². The molecule has 0 bridgehead atoms. The van der Waals surface area contributed by atoms with Gasteiger partial charge in [0.15, 0.2) is 0 Å². The number of benzene rings is 2. The van der Waals surface area contributed by atoms with Gasteiger partial charge in [-0.15, -0.1) is 6.42 Å². The van der Waals surface area contributed by atoms with Gasteiger partial charge in [-0.2, -0.15) is 0 Å². The maximum Gasteiger partial charge on any atom is 0.245 e. The SMILES string of the molecule is C#CC#CC#CC#CC#CC#CC#CC#CC#CN1C(=O)C(CC(C)(C)c2ccccc2)C(CC(C)(CC2C(=O)N(C3CC(C)(C)N(C)C(C)(C)C3)C(=O)C2C)c2ccccc2)C1=O. The van der Waals surface area contributed by atoms with Crippen LogP contribution in [0.15, 0.2) is 60.7 Å². The molecular weight excluding hydrogens is 791 g/mol. The quantitative estimate of drug-likeness (QED) is 0.211. The molecule has 3 fully saturated rings. The molecule has 320 valence electrons. The third kappa shape index (κ3) is 11.0. The van der Waals surface area contributed by atoms with Crippen molar-refractivity contribution in [2.75, 3.05) is 7.05 Å². The highest BCUT2D eigenvalue weighted by Crippen LogP contribution is 2.49. The van der Waals surface area contributed by atoms with Crippen LogP contribution in [-0.2, 0) is 30.0 Å². The summed E-state index contributed by atoms with van der Waals surface area (Å²) in [6, 6.07) is 22.2. The van der Waals surface area contributed by atoms with Crippen molar-refractivity contribution in [3.05, 3.63) is 71.8 Å². The second-order valence-electron chi connectivity index (χ2n) is 18.8. The average Bonchev–Trinajstić information content (AvgIpc) is 3.59. The Morgan fingerprint density at radius 2 is 0.969 bits per heavy atom. The van der Waals surface area contributed by atoms with Gasteiger partial charge in [0.2, 0.25) is 23.6 Å². The van der Waals surface area contributed by atoms with Gasteiger partial charge in [0.05, 0.1) is 17.8 Å². The van der Waals surface area contributed by atoms with E-state index in [2.05, 4.69) is 161 Å². The van der Waals surface area contributed by atoms with Crippen LogP contribution in [-0.4, -0.2) is 62.5 Å². The topological polar surface area (TPSA) is 78.0 Å². The molecule has 3 saturated heterocycles. The largest absolute Gasteiger partial charge is 0.296 e. The number of rotatable bonds is 9. The highest BCUT2D eigenvalue weighted by atomic mass is 16.2. The monoisotopic (exact) mass is 843 g/mol. The lowest BCUT2D eigenvalue weighted by atomic mass is 9.65. The van der Waals surface area contributed by atoms with Crippen molar-refractivity contribution in [2.24, 2.45) is 23.7 Å². The minimum atomic E-state index is -0.782. The molecule has 2 aromatic carbocycles. The Bertz CT molecular complexity index is 2730. The standard InChI is InChI=1S/C57H53N3O4/c1-11-12-13-14-15-16-17-18-19-20-21-22-23-24-25-32-37-59-51(62)48(40-54(3,4)44-33-28-26-29-34-44)49(52(59)63)42-57(9,45-35-30-27-31-36-45)41-47-43(2)50(61)60(53(47)64)46-38-55(5,6)58(10)56(7,8)39-46/h1,26-31,33-36,43,46-49H,38-42H2,2-10H3. The summed E-state index contributed by atoms with van der Waals surface area (Å²) in [7, 11) is 2.11. The molecule has 7 nitrogen and oxygen atoms in total. The summed E-state index contributed by atoms with van der Waals surface area (Å²) in [6.07, 6.45) is 7.32. The van der Waals surface area contributed by atoms with Gasteiger partial charge in [0.1, 0.15) is 0 Å². The summed E-state index contributed by atoms with van der Waals surface area (Å²) in [4.78, 5) is 62.8. The highest BCUT2D eigenvalue weighted by molar-refractivity contribution is 6.07. The lowest BCUT2D eigenvalue weighted by Gasteiger charge is -2.54. The van der Waals surface area contributed by atoms with Gasteiger partial charge in [-0.3, -0.25) is 29.0 Å². The van der Waals surface area contributed by atoms with Crippen LogP contribution in [0.1, 0.15) is 98.6 Å². The lowest BCUT2D eigenvalue weighted by Crippen LogP contribution is -2.63. The fraction of sp³-hybridized carbons (Fsp3) is 0.404. The molecule has 0 saturated carbocycles. The van der Waals surface area contributed by atoms with Crippen molar-refractivity contribution in [3.63, 3.8) is 0 Å². The van der Waals surface area contributed by atoms with Crippen LogP contribution in [0, 0.1) is 131 Å². The summed E-state index contributed by atoms with van der Waals surface area (Å²) in [5, 5.41) is 0. The predicted octanol–water partition coefficient (Wildman–Crippen LogP) is 6.58. The van der Waals surface area contributed by atoms with E-state index in [9.17, 15) is 19.2 Å². The minimum Gasteiger partial charge on any atom is -0.296 e. The molecule has 5 unspecified atom stereocenters. The number of piperidine rings is 1. The Hall–Kier alpha value is -7.28. The number of carbonyl (C=O) groups excluding carboxylic acids is 4. The number of imide groups is 2. The number of amides is 4. The fourth-order valence-corrected chi connectivity index (χ4v) is 9.59. The van der Waals surface area contributed by atoms with Gasteiger partial charge in [0.25, 0.3) is 0 Å². The van der Waals surface area contributed by atoms with Crippen molar-refractivity contribution < 1.29 is 19.2 Å². The van der Waals surface area contributed by atoms with E-state index >= 15 is 0 Å². The number of terminal acetylenes is 1. The first-order chi connectivity index (χ1) is 30.3. The number of hydrogen-bond donors (Lipinski definition) is 0. The molecule has 7 heteroatoms. The second kappa shape index (κ2) is 20.3. The number of carbonyl (C=O) groups is 4. The molecule has 0 radical (unpaired) electrons. The molecule has 4 amide bonds. The van der Waals surface area contributed by atoms with Gasteiger partial charge in [-0.25, -0.2) is 4.90 Å². The van der Waals surface area contributed by atoms with E-state index in [1.54, 1.807) is 4.90 Å². The van der Waals surface area contributed by atoms with Crippen LogP contribution in [0.4, 0.5) is 0 Å². The maximum atomic E-state index is 14.7. The molecule has 0 aromatic heterocycles. The van der Waals surface area contributed by atoms with Crippen molar-refractivity contribution in [1.29, 1.82) is 0 Å². The van der Waals surface area contributed by atoms with Gasteiger partial charge >= 0.3 is 0 Å². The number of nitrogens with zero attached hydrogens (tertiary/aromatic N) is 3. The first-order valence-electron chi connectivity index (χ1n) is 21.4. The Kier molecular flexibility index (Phi) is 15.1. The van der Waals surface area contributed by atoms with Crippen molar-refractivity contribution in [3.8, 4) is 107 Å². The van der Waals surface area contributed by atoms with Crippen molar-refractivity contribution in [1.82, 2.24) is 14.7 Å². The number of likely N-dealkylation sites (tertiary alicyclic amines) is 3. The van der Waals surface area contributed by atoms with E-state index < -0.39 is 46.3 Å². The van der Waals surface area contributed by atoms with Crippen molar-refractivity contribution in [2.45, 2.75) is 115 Å². The third-order valence-corrected chi connectivity index (χ3v) is 13.2. The van der Waals surface area contributed by atoms with E-state index in [1.807, 2.05) is 67.6 Å². The van der Waals surface area contributed by atoms with Crippen LogP contribution >= 0.6 is 0 Å². The lowest BCUT2D eigenvalue weighted by molar-refractivity contribution is -0.147. The van der Waals surface area contributed by atoms with E-state index in [0.29, 0.717) is 25.7 Å². The minimum absolute atomic E-state index is 0.148. The van der Waals surface area contributed by atoms with Crippen molar-refractivity contribution >= 4 is 23.6 Å². The molecule has 0 aliphatic carbocycles. The fourth-order valence-electron chi connectivity index (χ4n) is 9.59. The van der Waals surface area contributed by atoms with Crippen LogP contribution in [0.25, 0.3) is 0 Å². The zero-order chi connectivity index (χ0) is 46.7. The molecule has 3 aliphatic rings. The molecular formula is C57H53N3O4. The molecule has 5 rings (SSSR count). The van der Waals surface area contributed by atoms with E-state index in [1.165, 1.54) is 0 Å². The zero-order valence-electron chi connectivity index (χ0n) is 38.2. The van der Waals surface area contributed by atoms with Gasteiger partial charge in [-0.05, 0) is 136 Å². The smallest absolute Gasteiger partial charge is 0.245 e. The predicted molar refractivity (Wildman–Crippen MR) is 250 cm³/mol. The van der Waals surface area contributed by atoms with E-state index in [0.717, 1.165) is 16.0 Å². The first kappa shape index (κ1) is 47.8. The van der Waals surface area contributed by atoms with Crippen LogP contribution in [0.3, 0.4) is 0 Å². The summed E-state index contributed by atoms with van der Waals surface area (Å²) in [6.45, 7) is 16.7. The summed E-state index contributed by atoms with van der Waals surface area (Å²) in [5.74, 6) is 36.2. The van der Waals surface area contributed by atoms with Gasteiger partial charge < -0.3 is 0 Å². The zero-order valence-corrected chi connectivity index (χ0v) is 38.2. The average molecular weight is 844 g/mol. The van der Waals surface area contributed by atoms with Crippen LogP contribution < -0.4 is 0 Å². The Labute approximate surface area is 381 Å². The summed E-state index contributed by atoms with van der Waals surface area (Å²) in [5.41, 5.74) is 0.250. The first-order valence-corrected chi connectivity index (χ1v) is 21.4. The van der Waals surface area contributed by atoms with E-state index in [-0.39, 0.29) is 35.4 Å². The number of hydrogen-bond acceptors (Lipinski definition) is 5. The van der Waals surface area contributed by atoms with Crippen LogP contribution in [0.2, 0.25) is 0 Å². The Balaban J connectivity index is 1.44. The molecule has 5 atom stereocenters. The molecule has 64 heavy (non-hydrogen) atoms. The molecule has 2 aromatic rings. The second-order valence-corrected chi connectivity index (χ2v) is 18.8. The van der Waals surface area contributed by atoms with Gasteiger partial charge in [-0.1, -0.05) is 88.4 Å². The molecule has 0 spiro atoms. The van der Waals surface area contributed by atoms with Crippen LogP contribution in [0.5, 0.6) is 0 Å². The molecule has 0 N–H and O–H groups in total. The summed E-state index contributed by atoms with van der Waals surface area (Å²) >= 11 is 0. The molecule has 3 aliphatic heterocycles. The Morgan fingerprint density at radius 3 is 1.44 bits per heavy atom. The molecule has 3 heterocycles. The van der Waals surface area contributed by atoms with E-state index in [4.69, 9.17) is 6.42 Å². The summed E-state index contributed by atoms with van der Waals surface area (Å²) < 4.78 is 0. The highest BCUT2D eigenvalue weighted by Gasteiger charge is 2.56. The third-order valence-electron chi connectivity index (χ3n) is 13.2. The normalized spacial score (nSPS) is 21.8. The Morgan fingerprint density at radius 1 is 0.562 bits per heavy atom.